The number of hydrogen-bond donors (Lipinski definition) is 3. The van der Waals surface area contributed by atoms with Gasteiger partial charge in [-0.05, 0) is 62.7 Å². The minimum absolute atomic E-state index is 0.138. The van der Waals surface area contributed by atoms with Crippen molar-refractivity contribution in [3.63, 3.8) is 0 Å². The van der Waals surface area contributed by atoms with Gasteiger partial charge < -0.3 is 30.9 Å². The largest absolute Gasteiger partial charge is 0.495 e. The second-order valence-corrected chi connectivity index (χ2v) is 11.6. The summed E-state index contributed by atoms with van der Waals surface area (Å²) in [6, 6.07) is 2.89. The fourth-order valence-corrected chi connectivity index (χ4v) is 6.28. The van der Waals surface area contributed by atoms with Crippen molar-refractivity contribution in [1.29, 1.82) is 0 Å². The smallest absolute Gasteiger partial charge is 0.222 e. The normalized spacial score (nSPS) is 19.2. The summed E-state index contributed by atoms with van der Waals surface area (Å²) in [6.07, 6.45) is 13.2. The lowest BCUT2D eigenvalue weighted by Gasteiger charge is -2.57. The molecule has 0 aromatic carbocycles. The number of aliphatic hydroxyl groups excluding tert-OH is 1. The number of pyridine rings is 1. The van der Waals surface area contributed by atoms with E-state index in [0.29, 0.717) is 41.3 Å². The van der Waals surface area contributed by atoms with Gasteiger partial charge >= 0.3 is 0 Å². The van der Waals surface area contributed by atoms with Crippen LogP contribution < -0.4 is 16.2 Å². The van der Waals surface area contributed by atoms with E-state index in [9.17, 15) is 0 Å². The lowest BCUT2D eigenvalue weighted by Crippen LogP contribution is -2.60. The molecule has 3 aliphatic rings. The first-order valence-electron chi connectivity index (χ1n) is 14.6. The molecule has 11 nitrogen and oxygen atoms in total. The zero-order valence-electron chi connectivity index (χ0n) is 23.9. The first kappa shape index (κ1) is 28.5. The molecule has 6 rings (SSSR count). The highest BCUT2D eigenvalue weighted by molar-refractivity contribution is 5.85. The number of fused-ring (bicyclic) bond motifs is 1. The second-order valence-electron chi connectivity index (χ2n) is 11.6. The van der Waals surface area contributed by atoms with E-state index in [4.69, 9.17) is 31.0 Å². The number of nitrogen functional groups attached to an aromatic ring is 2. The van der Waals surface area contributed by atoms with Crippen LogP contribution in [-0.2, 0) is 11.3 Å². The lowest BCUT2D eigenvalue weighted by molar-refractivity contribution is -0.185. The number of nitrogens with two attached hydrogens (primary N) is 2. The van der Waals surface area contributed by atoms with Crippen LogP contribution in [-0.4, -0.2) is 80.8 Å². The summed E-state index contributed by atoms with van der Waals surface area (Å²) in [5.74, 6) is 1.72. The Morgan fingerprint density at radius 3 is 2.52 bits per heavy atom. The number of nitrogens with zero attached hydrogens (tertiary/aromatic N) is 6. The topological polar surface area (TPSA) is 150 Å². The molecule has 11 heteroatoms. The Morgan fingerprint density at radius 1 is 1.10 bits per heavy atom. The Kier molecular flexibility index (Phi) is 9.02. The summed E-state index contributed by atoms with van der Waals surface area (Å²) in [5.41, 5.74) is 15.6. The number of piperidine rings is 1. The Labute approximate surface area is 236 Å². The highest BCUT2D eigenvalue weighted by Gasteiger charge is 2.51. The van der Waals surface area contributed by atoms with Gasteiger partial charge in [0.1, 0.15) is 22.5 Å². The average Bonchev–Trinajstić information content (AvgIpc) is 3.31. The van der Waals surface area contributed by atoms with Crippen molar-refractivity contribution < 1.29 is 14.6 Å². The van der Waals surface area contributed by atoms with E-state index < -0.39 is 0 Å². The van der Waals surface area contributed by atoms with E-state index in [1.165, 1.54) is 37.7 Å². The highest BCUT2D eigenvalue weighted by atomic mass is 16.5. The van der Waals surface area contributed by atoms with Crippen molar-refractivity contribution in [3.8, 4) is 5.75 Å². The van der Waals surface area contributed by atoms with Crippen LogP contribution >= 0.6 is 0 Å². The first-order valence-corrected chi connectivity index (χ1v) is 14.6. The van der Waals surface area contributed by atoms with Crippen molar-refractivity contribution in [1.82, 2.24) is 29.6 Å². The number of rotatable bonds is 9. The average molecular weight is 553 g/mol. The molecule has 0 atom stereocenters. The Bertz CT molecular complexity index is 1260. The summed E-state index contributed by atoms with van der Waals surface area (Å²) in [7, 11) is 1.68. The molecule has 0 amide bonds. The van der Waals surface area contributed by atoms with Crippen molar-refractivity contribution >= 4 is 22.8 Å². The molecule has 2 saturated heterocycles. The molecule has 5 N–H and O–H groups in total. The van der Waals surface area contributed by atoms with Crippen LogP contribution in [0.2, 0.25) is 0 Å². The summed E-state index contributed by atoms with van der Waals surface area (Å²) < 4.78 is 12.9. The molecule has 0 bridgehead atoms. The summed E-state index contributed by atoms with van der Waals surface area (Å²) >= 11 is 0. The molecule has 3 aromatic rings. The van der Waals surface area contributed by atoms with Gasteiger partial charge in [-0.2, -0.15) is 10.1 Å². The summed E-state index contributed by atoms with van der Waals surface area (Å²) in [4.78, 5) is 15.7. The van der Waals surface area contributed by atoms with Crippen LogP contribution in [0.1, 0.15) is 75.5 Å². The summed E-state index contributed by atoms with van der Waals surface area (Å²) in [5, 5.41) is 12.7. The maximum absolute atomic E-state index is 8.29. The molecule has 0 unspecified atom stereocenters. The number of hydrogen-bond acceptors (Lipinski definition) is 10. The fourth-order valence-electron chi connectivity index (χ4n) is 6.28. The molecule has 218 valence electrons. The molecule has 3 fully saturated rings. The van der Waals surface area contributed by atoms with Crippen molar-refractivity contribution in [2.24, 2.45) is 5.41 Å². The van der Waals surface area contributed by atoms with Crippen molar-refractivity contribution in [2.45, 2.75) is 76.8 Å². The minimum atomic E-state index is 0.138. The van der Waals surface area contributed by atoms with E-state index in [0.717, 1.165) is 63.1 Å². The van der Waals surface area contributed by atoms with E-state index in [2.05, 4.69) is 33.0 Å². The van der Waals surface area contributed by atoms with E-state index in [1.807, 2.05) is 6.20 Å². The zero-order valence-corrected chi connectivity index (χ0v) is 23.9. The number of methoxy groups -OCH3 is 1. The van der Waals surface area contributed by atoms with E-state index in [-0.39, 0.29) is 5.95 Å². The lowest BCUT2D eigenvalue weighted by atomic mass is 9.63. The van der Waals surface area contributed by atoms with E-state index in [1.54, 1.807) is 18.0 Å². The highest BCUT2D eigenvalue weighted by Crippen LogP contribution is 2.49. The van der Waals surface area contributed by atoms with E-state index >= 15 is 0 Å². The van der Waals surface area contributed by atoms with Gasteiger partial charge in [0.2, 0.25) is 5.95 Å². The van der Waals surface area contributed by atoms with Crippen LogP contribution in [0, 0.1) is 5.41 Å². The third-order valence-corrected chi connectivity index (χ3v) is 8.69. The molecule has 5 heterocycles. The molecule has 1 aliphatic carbocycles. The third-order valence-electron chi connectivity index (χ3n) is 8.69. The van der Waals surface area contributed by atoms with Gasteiger partial charge in [0.25, 0.3) is 0 Å². The predicted octanol–water partition coefficient (Wildman–Crippen LogP) is 3.36. The number of anilines is 2. The number of ether oxygens (including phenoxy) is 2. The van der Waals surface area contributed by atoms with Gasteiger partial charge in [-0.15, -0.1) is 0 Å². The Balaban J connectivity index is 0.000000411. The number of unbranched alkanes of at least 4 members (excludes halogenated alkanes) is 3. The maximum Gasteiger partial charge on any atom is 0.222 e. The summed E-state index contributed by atoms with van der Waals surface area (Å²) in [6.45, 7) is 7.18. The van der Waals surface area contributed by atoms with Crippen LogP contribution in [0.4, 0.5) is 11.8 Å². The number of likely N-dealkylation sites (tertiary alicyclic amines) is 1. The first-order chi connectivity index (χ1) is 19.4. The Hall–Kier alpha value is -3.02. The molecule has 1 saturated carbocycles. The SMILES string of the molecule is CCCCCCO.COc1cc(C2CCN(C3CC4(COC4)C3)CC2)cnc1Cn1ncc2nc(N)nc(N)c21. The second kappa shape index (κ2) is 12.7. The number of aliphatic hydroxyl groups is 1. The monoisotopic (exact) mass is 552 g/mol. The van der Waals surface area contributed by atoms with Gasteiger partial charge in [-0.1, -0.05) is 26.2 Å². The number of aromatic nitrogens is 5. The van der Waals surface area contributed by atoms with Crippen LogP contribution in [0.5, 0.6) is 5.75 Å². The van der Waals surface area contributed by atoms with Gasteiger partial charge in [0, 0.05) is 24.3 Å². The van der Waals surface area contributed by atoms with Crippen LogP contribution in [0.25, 0.3) is 11.0 Å². The van der Waals surface area contributed by atoms with Crippen molar-refractivity contribution in [3.05, 3.63) is 29.7 Å². The van der Waals surface area contributed by atoms with Crippen molar-refractivity contribution in [2.75, 3.05) is 51.5 Å². The molecular weight excluding hydrogens is 508 g/mol. The molecule has 1 spiro atoms. The predicted molar refractivity (Wildman–Crippen MR) is 155 cm³/mol. The zero-order chi connectivity index (χ0) is 28.1. The van der Waals surface area contributed by atoms with Gasteiger partial charge in [-0.25, -0.2) is 4.98 Å². The minimum Gasteiger partial charge on any atom is -0.495 e. The molecule has 3 aromatic heterocycles. The molecular formula is C29H44N8O3. The van der Waals surface area contributed by atoms with Gasteiger partial charge in [-0.3, -0.25) is 9.67 Å². The third kappa shape index (κ3) is 6.16. The Morgan fingerprint density at radius 2 is 1.88 bits per heavy atom. The molecule has 2 aliphatic heterocycles. The standard InChI is InChI=1S/C23H30N8O2.C6H14O/c1-32-19-6-15(14-2-4-30(5-3-14)16-7-23(8-16)12-33-13-23)9-26-18(19)11-31-20-17(10-27-31)28-22(25)29-21(20)24;1-2-3-4-5-6-7/h6,9-10,14,16H,2-5,7-8,11-13H2,1H3,(H4,24,25,28,29);7H,2-6H2,1H3. The quantitative estimate of drug-likeness (QED) is 0.337. The van der Waals surface area contributed by atoms with Crippen LogP contribution in [0.15, 0.2) is 18.5 Å². The molecule has 0 radical (unpaired) electrons. The van der Waals surface area contributed by atoms with Gasteiger partial charge in [0.05, 0.1) is 33.1 Å². The van der Waals surface area contributed by atoms with Crippen LogP contribution in [0.3, 0.4) is 0 Å². The fraction of sp³-hybridized carbons (Fsp3) is 0.655. The van der Waals surface area contributed by atoms with Gasteiger partial charge in [0.15, 0.2) is 5.82 Å². The maximum atomic E-state index is 8.29. The molecule has 40 heavy (non-hydrogen) atoms.